The van der Waals surface area contributed by atoms with E-state index in [9.17, 15) is 17.6 Å². The van der Waals surface area contributed by atoms with Gasteiger partial charge in [-0.2, -0.15) is 18.2 Å². The fourth-order valence-electron chi connectivity index (χ4n) is 2.73. The van der Waals surface area contributed by atoms with Crippen LogP contribution in [0.1, 0.15) is 5.56 Å². The smallest absolute Gasteiger partial charge is 0.339 e. The summed E-state index contributed by atoms with van der Waals surface area (Å²) in [7, 11) is 0. The van der Waals surface area contributed by atoms with E-state index in [-0.39, 0.29) is 11.6 Å². The number of nitrogens with one attached hydrogen (secondary N) is 2. The Kier molecular flexibility index (Phi) is 4.71. The van der Waals surface area contributed by atoms with Gasteiger partial charge in [-0.25, -0.2) is 9.37 Å². The molecule has 0 aliphatic heterocycles. The van der Waals surface area contributed by atoms with Crippen molar-refractivity contribution in [1.29, 1.82) is 0 Å². The van der Waals surface area contributed by atoms with Crippen LogP contribution in [-0.4, -0.2) is 15.0 Å². The molecule has 2 aromatic heterocycles. The van der Waals surface area contributed by atoms with E-state index in [1.54, 1.807) is 12.3 Å². The number of hydrogen-bond acceptors (Lipinski definition) is 5. The molecule has 0 bridgehead atoms. The Morgan fingerprint density at radius 3 is 2.48 bits per heavy atom. The van der Waals surface area contributed by atoms with Crippen molar-refractivity contribution in [3.8, 4) is 0 Å². The minimum atomic E-state index is -4.66. The topological polar surface area (TPSA) is 62.7 Å². The van der Waals surface area contributed by atoms with Crippen LogP contribution in [0.5, 0.6) is 0 Å². The molecule has 0 amide bonds. The van der Waals surface area contributed by atoms with Gasteiger partial charge >= 0.3 is 6.18 Å². The Balaban J connectivity index is 1.56. The molecule has 2 aromatic carbocycles. The molecule has 146 valence electrons. The van der Waals surface area contributed by atoms with Gasteiger partial charge in [0.1, 0.15) is 11.6 Å². The maximum atomic E-state index is 13.6. The number of aromatic nitrogens is 3. The minimum absolute atomic E-state index is 0.0162. The standard InChI is InChI=1S/C20H13F4N5/c21-14-8-13(20(22,23)24)9-15(10-14)28-19-25-6-5-18(29-19)27-16-7-12-3-1-2-4-17(12)26-11-16/h1-11H,(H2,25,27,28,29). The van der Waals surface area contributed by atoms with Gasteiger partial charge in [-0.05, 0) is 36.4 Å². The van der Waals surface area contributed by atoms with Crippen molar-refractivity contribution < 1.29 is 17.6 Å². The first-order chi connectivity index (χ1) is 13.9. The lowest BCUT2D eigenvalue weighted by Gasteiger charge is -2.11. The second-order valence-corrected chi connectivity index (χ2v) is 6.16. The first-order valence-electron chi connectivity index (χ1n) is 8.46. The summed E-state index contributed by atoms with van der Waals surface area (Å²) in [5.41, 5.74) is 0.312. The highest BCUT2D eigenvalue weighted by Gasteiger charge is 2.31. The highest BCUT2D eigenvalue weighted by Crippen LogP contribution is 2.32. The molecule has 0 saturated carbocycles. The molecular formula is C20H13F4N5. The van der Waals surface area contributed by atoms with Crippen LogP contribution in [0.2, 0.25) is 0 Å². The number of alkyl halides is 3. The molecule has 0 saturated heterocycles. The molecular weight excluding hydrogens is 386 g/mol. The summed E-state index contributed by atoms with van der Waals surface area (Å²) in [6, 6.07) is 13.2. The molecule has 29 heavy (non-hydrogen) atoms. The molecule has 0 atom stereocenters. The Morgan fingerprint density at radius 2 is 1.66 bits per heavy atom. The summed E-state index contributed by atoms with van der Waals surface area (Å²) >= 11 is 0. The van der Waals surface area contributed by atoms with Crippen LogP contribution < -0.4 is 10.6 Å². The third-order valence-electron chi connectivity index (χ3n) is 4.00. The molecule has 2 heterocycles. The largest absolute Gasteiger partial charge is 0.416 e. The molecule has 0 radical (unpaired) electrons. The average molecular weight is 399 g/mol. The van der Waals surface area contributed by atoms with Crippen molar-refractivity contribution in [2.24, 2.45) is 0 Å². The maximum Gasteiger partial charge on any atom is 0.416 e. The quantitative estimate of drug-likeness (QED) is 0.433. The molecule has 9 heteroatoms. The Labute approximate surface area is 162 Å². The van der Waals surface area contributed by atoms with Gasteiger partial charge in [0.15, 0.2) is 0 Å². The zero-order valence-electron chi connectivity index (χ0n) is 14.7. The van der Waals surface area contributed by atoms with Crippen LogP contribution in [0.25, 0.3) is 10.9 Å². The van der Waals surface area contributed by atoms with E-state index < -0.39 is 17.6 Å². The summed E-state index contributed by atoms with van der Waals surface area (Å²) in [4.78, 5) is 12.5. The number of hydrogen-bond donors (Lipinski definition) is 2. The molecule has 5 nitrogen and oxygen atoms in total. The lowest BCUT2D eigenvalue weighted by atomic mass is 10.2. The van der Waals surface area contributed by atoms with E-state index in [1.807, 2.05) is 30.3 Å². The second-order valence-electron chi connectivity index (χ2n) is 6.16. The molecule has 0 aliphatic carbocycles. The molecule has 0 aliphatic rings. The predicted octanol–water partition coefficient (Wildman–Crippen LogP) is 5.67. The SMILES string of the molecule is Fc1cc(Nc2nccc(Nc3cnc4ccccc4c3)n2)cc(C(F)(F)F)c1. The number of benzene rings is 2. The van der Waals surface area contributed by atoms with Gasteiger partial charge < -0.3 is 10.6 Å². The normalized spacial score (nSPS) is 11.4. The number of nitrogens with zero attached hydrogens (tertiary/aromatic N) is 3. The van der Waals surface area contributed by atoms with Gasteiger partial charge in [-0.1, -0.05) is 18.2 Å². The molecule has 2 N–H and O–H groups in total. The summed E-state index contributed by atoms with van der Waals surface area (Å²) in [5.74, 6) is -0.603. The maximum absolute atomic E-state index is 13.6. The van der Waals surface area contributed by atoms with Crippen molar-refractivity contribution in [2.75, 3.05) is 10.6 Å². The zero-order valence-corrected chi connectivity index (χ0v) is 14.7. The van der Waals surface area contributed by atoms with Crippen LogP contribution in [0.3, 0.4) is 0 Å². The zero-order chi connectivity index (χ0) is 20.4. The van der Waals surface area contributed by atoms with E-state index >= 15 is 0 Å². The number of rotatable bonds is 4. The molecule has 0 fully saturated rings. The lowest BCUT2D eigenvalue weighted by Crippen LogP contribution is -2.07. The first-order valence-corrected chi connectivity index (χ1v) is 8.46. The highest BCUT2D eigenvalue weighted by molar-refractivity contribution is 5.82. The number of para-hydroxylation sites is 1. The first kappa shape index (κ1) is 18.6. The van der Waals surface area contributed by atoms with E-state index in [4.69, 9.17) is 0 Å². The van der Waals surface area contributed by atoms with Crippen LogP contribution in [0, 0.1) is 5.82 Å². The Hall–Kier alpha value is -3.75. The van der Waals surface area contributed by atoms with Gasteiger partial charge in [0.2, 0.25) is 5.95 Å². The van der Waals surface area contributed by atoms with E-state index in [0.29, 0.717) is 17.6 Å². The van der Waals surface area contributed by atoms with Crippen LogP contribution in [-0.2, 0) is 6.18 Å². The number of halogens is 4. The van der Waals surface area contributed by atoms with Crippen molar-refractivity contribution in [3.05, 3.63) is 78.4 Å². The van der Waals surface area contributed by atoms with E-state index in [1.165, 1.54) is 6.20 Å². The van der Waals surface area contributed by atoms with Gasteiger partial charge in [-0.15, -0.1) is 0 Å². The number of anilines is 4. The lowest BCUT2D eigenvalue weighted by molar-refractivity contribution is -0.137. The average Bonchev–Trinajstić information content (AvgIpc) is 2.67. The van der Waals surface area contributed by atoms with Gasteiger partial charge in [0.05, 0.1) is 23.0 Å². The van der Waals surface area contributed by atoms with Gasteiger partial charge in [0.25, 0.3) is 0 Å². The fraction of sp³-hybridized carbons (Fsp3) is 0.0500. The third-order valence-corrected chi connectivity index (χ3v) is 4.00. The van der Waals surface area contributed by atoms with Crippen LogP contribution in [0.15, 0.2) is 67.0 Å². The van der Waals surface area contributed by atoms with E-state index in [0.717, 1.165) is 23.0 Å². The summed E-state index contributed by atoms with van der Waals surface area (Å²) in [6.07, 6.45) is -1.60. The number of fused-ring (bicyclic) bond motifs is 1. The Morgan fingerprint density at radius 1 is 0.828 bits per heavy atom. The third kappa shape index (κ3) is 4.40. The van der Waals surface area contributed by atoms with Crippen molar-refractivity contribution >= 4 is 34.0 Å². The summed E-state index contributed by atoms with van der Waals surface area (Å²) in [6.45, 7) is 0. The number of pyridine rings is 1. The predicted molar refractivity (Wildman–Crippen MR) is 102 cm³/mol. The molecule has 4 aromatic rings. The van der Waals surface area contributed by atoms with Crippen LogP contribution in [0.4, 0.5) is 40.7 Å². The van der Waals surface area contributed by atoms with Crippen molar-refractivity contribution in [2.45, 2.75) is 6.18 Å². The molecule has 4 rings (SSSR count). The van der Waals surface area contributed by atoms with E-state index in [2.05, 4.69) is 25.6 Å². The monoisotopic (exact) mass is 399 g/mol. The minimum Gasteiger partial charge on any atom is -0.339 e. The summed E-state index contributed by atoms with van der Waals surface area (Å²) in [5, 5.41) is 6.59. The Bertz CT molecular complexity index is 1180. The van der Waals surface area contributed by atoms with Gasteiger partial charge in [-0.3, -0.25) is 4.98 Å². The summed E-state index contributed by atoms with van der Waals surface area (Å²) < 4.78 is 52.1. The van der Waals surface area contributed by atoms with Crippen molar-refractivity contribution in [3.63, 3.8) is 0 Å². The molecule has 0 spiro atoms. The molecule has 0 unspecified atom stereocenters. The van der Waals surface area contributed by atoms with Crippen LogP contribution >= 0.6 is 0 Å². The fourth-order valence-corrected chi connectivity index (χ4v) is 2.73. The van der Waals surface area contributed by atoms with Crippen molar-refractivity contribution in [1.82, 2.24) is 15.0 Å². The van der Waals surface area contributed by atoms with Gasteiger partial charge in [0, 0.05) is 17.3 Å². The highest BCUT2D eigenvalue weighted by atomic mass is 19.4. The second kappa shape index (κ2) is 7.34.